The van der Waals surface area contributed by atoms with Crippen LogP contribution in [0.3, 0.4) is 0 Å². The van der Waals surface area contributed by atoms with Gasteiger partial charge in [0.05, 0.1) is 5.02 Å². The van der Waals surface area contributed by atoms with E-state index in [9.17, 15) is 18.0 Å². The summed E-state index contributed by atoms with van der Waals surface area (Å²) in [6, 6.07) is 3.67. The Balaban J connectivity index is 1.71. The van der Waals surface area contributed by atoms with Crippen molar-refractivity contribution in [3.63, 3.8) is 0 Å². The molecule has 0 saturated heterocycles. The predicted octanol–water partition coefficient (Wildman–Crippen LogP) is 4.67. The van der Waals surface area contributed by atoms with Gasteiger partial charge in [-0.2, -0.15) is 0 Å². The number of carbonyl (C=O) groups excluding carboxylic acids is 2. The van der Waals surface area contributed by atoms with Gasteiger partial charge in [-0.3, -0.25) is 9.59 Å². The number of sulfonamides is 1. The molecule has 192 valence electrons. The van der Waals surface area contributed by atoms with Crippen LogP contribution in [0.4, 0.5) is 0 Å². The van der Waals surface area contributed by atoms with Crippen molar-refractivity contribution in [3.05, 3.63) is 28.2 Å². The molecule has 1 aliphatic carbocycles. The van der Waals surface area contributed by atoms with Gasteiger partial charge in [0.15, 0.2) is 0 Å². The molecule has 0 unspecified atom stereocenters. The van der Waals surface area contributed by atoms with Crippen LogP contribution in [0, 0.1) is 11.8 Å². The third-order valence-corrected chi connectivity index (χ3v) is 8.17. The normalized spacial score (nSPS) is 15.4. The van der Waals surface area contributed by atoms with Crippen molar-refractivity contribution in [1.82, 2.24) is 15.4 Å². The summed E-state index contributed by atoms with van der Waals surface area (Å²) in [6.45, 7) is 4.65. The lowest BCUT2D eigenvalue weighted by molar-refractivity contribution is -0.129. The third-order valence-electron chi connectivity index (χ3n) is 5.99. The van der Waals surface area contributed by atoms with E-state index in [1.54, 1.807) is 0 Å². The van der Waals surface area contributed by atoms with Gasteiger partial charge in [-0.1, -0.05) is 62.7 Å². The highest BCUT2D eigenvalue weighted by Gasteiger charge is 2.23. The zero-order valence-corrected chi connectivity index (χ0v) is 22.4. The number of amides is 2. The van der Waals surface area contributed by atoms with Crippen LogP contribution in [0.15, 0.2) is 23.1 Å². The number of rotatable bonds is 14. The molecule has 1 aromatic carbocycles. The number of hydrogen-bond donors (Lipinski definition) is 3. The molecule has 0 heterocycles. The Labute approximate surface area is 213 Å². The summed E-state index contributed by atoms with van der Waals surface area (Å²) in [6.07, 6.45) is 7.95. The summed E-state index contributed by atoms with van der Waals surface area (Å²) in [5.41, 5.74) is 0. The van der Waals surface area contributed by atoms with Gasteiger partial charge in [-0.15, -0.1) is 0 Å². The van der Waals surface area contributed by atoms with E-state index in [1.807, 2.05) is 13.8 Å². The van der Waals surface area contributed by atoms with Gasteiger partial charge in [0.25, 0.3) is 0 Å². The number of hydrogen-bond acceptors (Lipinski definition) is 4. The molecular weight excluding hydrogens is 497 g/mol. The molecule has 0 spiro atoms. The molecule has 1 atom stereocenters. The standard InChI is InChI=1S/C24H37Cl2N3O4S/c1-17(2)15-21(29-23(30)12-9-18-7-3-4-8-18)24(31)27-13-5-6-14-28-34(32,33)22-11-10-19(25)16-20(22)26/h10-11,16-18,21,28H,3-9,12-15H2,1-2H3,(H,27,31)(H,29,30)/t21-/m0/s1. The highest BCUT2D eigenvalue weighted by atomic mass is 35.5. The Morgan fingerprint density at radius 2 is 1.76 bits per heavy atom. The lowest BCUT2D eigenvalue weighted by Crippen LogP contribution is -2.47. The summed E-state index contributed by atoms with van der Waals surface area (Å²) in [4.78, 5) is 25.0. The van der Waals surface area contributed by atoms with Gasteiger partial charge in [0.2, 0.25) is 21.8 Å². The minimum absolute atomic E-state index is 0.0212. The van der Waals surface area contributed by atoms with Crippen LogP contribution in [-0.2, 0) is 19.6 Å². The molecule has 0 aliphatic heterocycles. The first-order chi connectivity index (χ1) is 16.1. The Morgan fingerprint density at radius 1 is 1.09 bits per heavy atom. The molecule has 7 nitrogen and oxygen atoms in total. The topological polar surface area (TPSA) is 104 Å². The molecule has 1 aliphatic rings. The van der Waals surface area contributed by atoms with E-state index in [0.29, 0.717) is 43.2 Å². The fraction of sp³-hybridized carbons (Fsp3) is 0.667. The zero-order valence-electron chi connectivity index (χ0n) is 20.0. The van der Waals surface area contributed by atoms with Gasteiger partial charge < -0.3 is 10.6 Å². The van der Waals surface area contributed by atoms with Crippen LogP contribution in [-0.4, -0.2) is 39.4 Å². The largest absolute Gasteiger partial charge is 0.354 e. The summed E-state index contributed by atoms with van der Waals surface area (Å²) >= 11 is 11.8. The molecule has 1 fully saturated rings. The molecule has 10 heteroatoms. The van der Waals surface area contributed by atoms with E-state index in [1.165, 1.54) is 43.9 Å². The first-order valence-electron chi connectivity index (χ1n) is 12.1. The average Bonchev–Trinajstić information content (AvgIpc) is 3.27. The Hall–Kier alpha value is -1.35. The zero-order chi connectivity index (χ0) is 25.1. The molecule has 34 heavy (non-hydrogen) atoms. The monoisotopic (exact) mass is 533 g/mol. The van der Waals surface area contributed by atoms with Crippen LogP contribution < -0.4 is 15.4 Å². The Bertz CT molecular complexity index is 919. The number of carbonyl (C=O) groups is 2. The van der Waals surface area contributed by atoms with Crippen LogP contribution in [0.5, 0.6) is 0 Å². The lowest BCUT2D eigenvalue weighted by atomic mass is 10.00. The minimum Gasteiger partial charge on any atom is -0.354 e. The van der Waals surface area contributed by atoms with Crippen molar-refractivity contribution in [3.8, 4) is 0 Å². The average molecular weight is 535 g/mol. The van der Waals surface area contributed by atoms with E-state index >= 15 is 0 Å². The summed E-state index contributed by atoms with van der Waals surface area (Å²) in [7, 11) is -3.74. The van der Waals surface area contributed by atoms with Gasteiger partial charge >= 0.3 is 0 Å². The van der Waals surface area contributed by atoms with Crippen molar-refractivity contribution in [2.75, 3.05) is 13.1 Å². The molecular formula is C24H37Cl2N3O4S. The van der Waals surface area contributed by atoms with Crippen molar-refractivity contribution >= 4 is 45.0 Å². The SMILES string of the molecule is CC(C)C[C@H](NC(=O)CCC1CCCC1)C(=O)NCCCCNS(=O)(=O)c1ccc(Cl)cc1Cl. The number of halogens is 2. The van der Waals surface area contributed by atoms with E-state index in [4.69, 9.17) is 23.2 Å². The first-order valence-corrected chi connectivity index (χ1v) is 14.3. The number of unbranched alkanes of at least 4 members (excludes halogenated alkanes) is 1. The highest BCUT2D eigenvalue weighted by molar-refractivity contribution is 7.89. The molecule has 1 saturated carbocycles. The summed E-state index contributed by atoms with van der Waals surface area (Å²) in [5.74, 6) is 0.635. The van der Waals surface area contributed by atoms with Crippen molar-refractivity contribution in [2.45, 2.75) is 82.6 Å². The smallest absolute Gasteiger partial charge is 0.242 e. The van der Waals surface area contributed by atoms with Gasteiger partial charge in [-0.05, 0) is 55.7 Å². The van der Waals surface area contributed by atoms with E-state index in [2.05, 4.69) is 15.4 Å². The minimum atomic E-state index is -3.74. The Morgan fingerprint density at radius 3 is 2.41 bits per heavy atom. The van der Waals surface area contributed by atoms with Crippen LogP contribution in [0.1, 0.15) is 71.6 Å². The van der Waals surface area contributed by atoms with E-state index in [-0.39, 0.29) is 34.2 Å². The van der Waals surface area contributed by atoms with Crippen molar-refractivity contribution < 1.29 is 18.0 Å². The van der Waals surface area contributed by atoms with Gasteiger partial charge in [0.1, 0.15) is 10.9 Å². The maximum absolute atomic E-state index is 12.7. The molecule has 1 aromatic rings. The van der Waals surface area contributed by atoms with E-state index in [0.717, 1.165) is 6.42 Å². The molecule has 0 bridgehead atoms. The quantitative estimate of drug-likeness (QED) is 0.302. The second-order valence-electron chi connectivity index (χ2n) is 9.41. The second-order valence-corrected chi connectivity index (χ2v) is 12.0. The maximum Gasteiger partial charge on any atom is 0.242 e. The molecule has 0 aromatic heterocycles. The lowest BCUT2D eigenvalue weighted by Gasteiger charge is -2.20. The van der Waals surface area contributed by atoms with Gasteiger partial charge in [-0.25, -0.2) is 13.1 Å². The second kappa shape index (κ2) is 14.3. The maximum atomic E-state index is 12.7. The van der Waals surface area contributed by atoms with Crippen molar-refractivity contribution in [2.24, 2.45) is 11.8 Å². The van der Waals surface area contributed by atoms with Gasteiger partial charge in [0, 0.05) is 24.5 Å². The van der Waals surface area contributed by atoms with Crippen LogP contribution in [0.25, 0.3) is 0 Å². The number of nitrogens with one attached hydrogen (secondary N) is 3. The summed E-state index contributed by atoms with van der Waals surface area (Å²) < 4.78 is 27.3. The fourth-order valence-corrected chi connectivity index (χ4v) is 6.01. The Kier molecular flexibility index (Phi) is 12.1. The summed E-state index contributed by atoms with van der Waals surface area (Å²) in [5, 5.41) is 6.20. The fourth-order valence-electron chi connectivity index (χ4n) is 4.17. The predicted molar refractivity (Wildman–Crippen MR) is 136 cm³/mol. The molecule has 2 amide bonds. The molecule has 3 N–H and O–H groups in total. The number of benzene rings is 1. The van der Waals surface area contributed by atoms with Crippen LogP contribution in [0.2, 0.25) is 10.0 Å². The van der Waals surface area contributed by atoms with Crippen LogP contribution >= 0.6 is 23.2 Å². The highest BCUT2D eigenvalue weighted by Crippen LogP contribution is 2.28. The van der Waals surface area contributed by atoms with Crippen molar-refractivity contribution in [1.29, 1.82) is 0 Å². The van der Waals surface area contributed by atoms with E-state index < -0.39 is 16.1 Å². The molecule has 0 radical (unpaired) electrons. The third kappa shape index (κ3) is 10.1. The molecule has 2 rings (SSSR count). The first kappa shape index (κ1) is 28.9.